The first-order valence-electron chi connectivity index (χ1n) is 9.04. The minimum Gasteiger partial charge on any atom is -0.481 e. The van der Waals surface area contributed by atoms with Gasteiger partial charge in [0.25, 0.3) is 0 Å². The minimum absolute atomic E-state index is 0.175. The molecule has 1 aromatic heterocycles. The molecule has 0 saturated heterocycles. The second kappa shape index (κ2) is 7.53. The Morgan fingerprint density at radius 3 is 2.43 bits per heavy atom. The first kappa shape index (κ1) is 18.3. The van der Waals surface area contributed by atoms with Crippen LogP contribution < -0.4 is 10.2 Å². The van der Waals surface area contributed by atoms with Crippen LogP contribution in [0.25, 0.3) is 22.3 Å². The van der Waals surface area contributed by atoms with E-state index in [1.165, 1.54) is 0 Å². The van der Waals surface area contributed by atoms with E-state index in [9.17, 15) is 4.79 Å². The van der Waals surface area contributed by atoms with Gasteiger partial charge in [0.1, 0.15) is 12.2 Å². The highest BCUT2D eigenvalue weighted by Crippen LogP contribution is 2.36. The summed E-state index contributed by atoms with van der Waals surface area (Å²) < 4.78 is 12.2. The molecule has 0 saturated carbocycles. The zero-order valence-corrected chi connectivity index (χ0v) is 16.4. The second-order valence-corrected chi connectivity index (χ2v) is 7.21. The first-order chi connectivity index (χ1) is 13.5. The quantitative estimate of drug-likeness (QED) is 0.410. The zero-order chi connectivity index (χ0) is 19.7. The van der Waals surface area contributed by atoms with E-state index in [4.69, 9.17) is 20.8 Å². The summed E-state index contributed by atoms with van der Waals surface area (Å²) in [5, 5.41) is 1.01. The van der Waals surface area contributed by atoms with Crippen LogP contribution in [0.4, 0.5) is 0 Å². The summed E-state index contributed by atoms with van der Waals surface area (Å²) in [7, 11) is 0. The minimum atomic E-state index is -0.195. The number of hydrogen-bond acceptors (Lipinski definition) is 3. The fourth-order valence-corrected chi connectivity index (χ4v) is 3.54. The van der Waals surface area contributed by atoms with Crippen molar-refractivity contribution in [2.24, 2.45) is 0 Å². The average Bonchev–Trinajstić information content (AvgIpc) is 2.69. The number of fused-ring (bicyclic) bond motifs is 1. The monoisotopic (exact) mass is 390 g/mol. The van der Waals surface area contributed by atoms with Gasteiger partial charge in [-0.25, -0.2) is 0 Å². The van der Waals surface area contributed by atoms with E-state index in [-0.39, 0.29) is 17.8 Å². The third-order valence-electron chi connectivity index (χ3n) is 4.62. The summed E-state index contributed by atoms with van der Waals surface area (Å²) in [5.74, 6) is 0.528. The number of benzene rings is 3. The molecule has 0 spiro atoms. The number of rotatable bonds is 4. The molecule has 3 aromatic carbocycles. The van der Waals surface area contributed by atoms with Crippen LogP contribution in [-0.4, -0.2) is 0 Å². The highest BCUT2D eigenvalue weighted by atomic mass is 35.5. The lowest BCUT2D eigenvalue weighted by Crippen LogP contribution is -2.11. The summed E-state index contributed by atoms with van der Waals surface area (Å²) in [5.41, 5.74) is 3.85. The van der Waals surface area contributed by atoms with E-state index in [1.807, 2.05) is 74.5 Å². The smallest absolute Gasteiger partial charge is 0.235 e. The van der Waals surface area contributed by atoms with Gasteiger partial charge in [0.05, 0.1) is 10.4 Å². The molecular formula is C24H19ClO3. The van der Waals surface area contributed by atoms with E-state index >= 15 is 0 Å². The van der Waals surface area contributed by atoms with E-state index in [2.05, 4.69) is 0 Å². The Kier molecular flexibility index (Phi) is 4.93. The third kappa shape index (κ3) is 3.41. The fraction of sp³-hybridized carbons (Fsp3) is 0.125. The fourth-order valence-electron chi connectivity index (χ4n) is 3.32. The van der Waals surface area contributed by atoms with Gasteiger partial charge in [-0.1, -0.05) is 60.1 Å². The molecule has 0 bridgehead atoms. The van der Waals surface area contributed by atoms with Gasteiger partial charge in [-0.15, -0.1) is 0 Å². The molecule has 0 N–H and O–H groups in total. The van der Waals surface area contributed by atoms with E-state index < -0.39 is 0 Å². The molecule has 0 radical (unpaired) electrons. The molecular weight excluding hydrogens is 372 g/mol. The molecule has 4 rings (SSSR count). The number of aryl methyl sites for hydroxylation is 2. The van der Waals surface area contributed by atoms with Gasteiger partial charge in [0.2, 0.25) is 11.2 Å². The summed E-state index contributed by atoms with van der Waals surface area (Å²) >= 11 is 6.40. The van der Waals surface area contributed by atoms with E-state index in [0.717, 1.165) is 16.7 Å². The van der Waals surface area contributed by atoms with Crippen LogP contribution in [0, 0.1) is 13.8 Å². The molecule has 1 heterocycles. The van der Waals surface area contributed by atoms with Gasteiger partial charge in [-0.2, -0.15) is 0 Å². The van der Waals surface area contributed by atoms with Crippen LogP contribution >= 0.6 is 11.6 Å². The van der Waals surface area contributed by atoms with Crippen molar-refractivity contribution in [1.82, 2.24) is 0 Å². The van der Waals surface area contributed by atoms with Crippen molar-refractivity contribution in [3.63, 3.8) is 0 Å². The zero-order valence-electron chi connectivity index (χ0n) is 15.7. The Morgan fingerprint density at radius 1 is 0.964 bits per heavy atom. The standard InChI is InChI=1S/C24H19ClO3/c1-15-12-16(2)22-19(13-15)21(26)24(27-14-17-8-4-3-5-9-17)23(28-22)18-10-6-7-11-20(18)25/h3-13H,14H2,1-2H3. The van der Waals surface area contributed by atoms with Gasteiger partial charge < -0.3 is 9.15 Å². The highest BCUT2D eigenvalue weighted by Gasteiger charge is 2.20. The van der Waals surface area contributed by atoms with Crippen LogP contribution in [0.2, 0.25) is 5.02 Å². The first-order valence-corrected chi connectivity index (χ1v) is 9.42. The Labute approximate surface area is 168 Å². The molecule has 3 nitrogen and oxygen atoms in total. The number of ether oxygens (including phenoxy) is 1. The summed E-state index contributed by atoms with van der Waals surface area (Å²) in [4.78, 5) is 13.3. The van der Waals surface area contributed by atoms with Crippen molar-refractivity contribution in [3.8, 4) is 17.1 Å². The lowest BCUT2D eigenvalue weighted by Gasteiger charge is -2.14. The van der Waals surface area contributed by atoms with Gasteiger partial charge >= 0.3 is 0 Å². The van der Waals surface area contributed by atoms with Crippen LogP contribution in [0.3, 0.4) is 0 Å². The number of hydrogen-bond donors (Lipinski definition) is 0. The Morgan fingerprint density at radius 2 is 1.68 bits per heavy atom. The van der Waals surface area contributed by atoms with Crippen LogP contribution in [0.15, 0.2) is 75.9 Å². The summed E-state index contributed by atoms with van der Waals surface area (Å²) in [6, 6.07) is 20.8. The molecule has 4 aromatic rings. The van der Waals surface area contributed by atoms with Crippen LogP contribution in [-0.2, 0) is 6.61 Å². The van der Waals surface area contributed by atoms with Crippen molar-refractivity contribution in [1.29, 1.82) is 0 Å². The molecule has 0 aliphatic carbocycles. The maximum Gasteiger partial charge on any atom is 0.235 e. The van der Waals surface area contributed by atoms with E-state index in [0.29, 0.717) is 27.3 Å². The van der Waals surface area contributed by atoms with Crippen molar-refractivity contribution in [2.75, 3.05) is 0 Å². The van der Waals surface area contributed by atoms with Crippen molar-refractivity contribution in [3.05, 3.63) is 98.7 Å². The molecule has 0 fully saturated rings. The summed E-state index contributed by atoms with van der Waals surface area (Å²) in [6.45, 7) is 4.15. The predicted octanol–water partition coefficient (Wildman–Crippen LogP) is 6.31. The molecule has 0 aliphatic rings. The Hall–Kier alpha value is -3.04. The highest BCUT2D eigenvalue weighted by molar-refractivity contribution is 6.33. The molecule has 28 heavy (non-hydrogen) atoms. The van der Waals surface area contributed by atoms with E-state index in [1.54, 1.807) is 6.07 Å². The summed E-state index contributed by atoms with van der Waals surface area (Å²) in [6.07, 6.45) is 0. The normalized spacial score (nSPS) is 11.0. The predicted molar refractivity (Wildman–Crippen MR) is 113 cm³/mol. The molecule has 0 atom stereocenters. The molecule has 0 amide bonds. The average molecular weight is 391 g/mol. The topological polar surface area (TPSA) is 39.4 Å². The van der Waals surface area contributed by atoms with Crippen LogP contribution in [0.1, 0.15) is 16.7 Å². The van der Waals surface area contributed by atoms with Gasteiger partial charge in [0, 0.05) is 5.56 Å². The second-order valence-electron chi connectivity index (χ2n) is 6.80. The SMILES string of the molecule is Cc1cc(C)c2oc(-c3ccccc3Cl)c(OCc3ccccc3)c(=O)c2c1. The third-order valence-corrected chi connectivity index (χ3v) is 4.95. The van der Waals surface area contributed by atoms with Crippen molar-refractivity contribution in [2.45, 2.75) is 20.5 Å². The lowest BCUT2D eigenvalue weighted by molar-refractivity contribution is 0.298. The molecule has 0 unspecified atom stereocenters. The molecule has 4 heteroatoms. The maximum absolute atomic E-state index is 13.3. The van der Waals surface area contributed by atoms with Gasteiger partial charge in [-0.3, -0.25) is 4.79 Å². The van der Waals surface area contributed by atoms with Crippen molar-refractivity contribution >= 4 is 22.6 Å². The van der Waals surface area contributed by atoms with Gasteiger partial charge in [0.15, 0.2) is 5.76 Å². The lowest BCUT2D eigenvalue weighted by atomic mass is 10.1. The largest absolute Gasteiger partial charge is 0.481 e. The molecule has 0 aliphatic heterocycles. The van der Waals surface area contributed by atoms with Gasteiger partial charge in [-0.05, 0) is 48.7 Å². The Bertz CT molecular complexity index is 1210. The Balaban J connectivity index is 1.94. The van der Waals surface area contributed by atoms with Crippen LogP contribution in [0.5, 0.6) is 5.75 Å². The maximum atomic E-state index is 13.3. The molecule has 140 valence electrons. The number of halogens is 1. The van der Waals surface area contributed by atoms with Crippen molar-refractivity contribution < 1.29 is 9.15 Å².